The molecule has 1 aliphatic rings. The Kier molecular flexibility index (Phi) is 5.88. The molecule has 1 aliphatic heterocycles. The van der Waals surface area contributed by atoms with Crippen LogP contribution in [0.2, 0.25) is 0 Å². The monoisotopic (exact) mass is 456 g/mol. The first-order chi connectivity index (χ1) is 15.2. The molecule has 3 aromatic rings. The zero-order chi connectivity index (χ0) is 22.8. The molecule has 1 N–H and O–H groups in total. The Morgan fingerprint density at radius 1 is 0.938 bits per heavy atom. The predicted octanol–water partition coefficient (Wildman–Crippen LogP) is 5.51. The van der Waals surface area contributed by atoms with E-state index in [9.17, 15) is 21.6 Å². The molecule has 1 heterocycles. The van der Waals surface area contributed by atoms with Crippen molar-refractivity contribution in [2.75, 3.05) is 11.3 Å². The van der Waals surface area contributed by atoms with Crippen molar-refractivity contribution in [3.05, 3.63) is 106 Å². The van der Waals surface area contributed by atoms with Crippen LogP contribution in [0.4, 0.5) is 18.9 Å². The van der Waals surface area contributed by atoms with E-state index < -0.39 is 21.8 Å². The number of hydrogen-bond acceptors (Lipinski definition) is 3. The molecule has 32 heavy (non-hydrogen) atoms. The molecule has 0 radical (unpaired) electrons. The van der Waals surface area contributed by atoms with Gasteiger partial charge in [-0.05, 0) is 47.9 Å². The molecule has 0 atom stereocenters. The van der Waals surface area contributed by atoms with E-state index in [0.717, 1.165) is 23.1 Å². The fraction of sp³-hybridized carbons (Fsp3) is 0.125. The number of sulfonamides is 1. The van der Waals surface area contributed by atoms with Gasteiger partial charge in [-0.25, -0.2) is 8.42 Å². The molecule has 0 spiro atoms. The van der Waals surface area contributed by atoms with E-state index in [0.29, 0.717) is 41.1 Å². The van der Waals surface area contributed by atoms with Crippen molar-refractivity contribution >= 4 is 27.5 Å². The number of benzene rings is 3. The lowest BCUT2D eigenvalue weighted by molar-refractivity contribution is -0.137. The Hall–Kier alpha value is -3.39. The van der Waals surface area contributed by atoms with E-state index in [1.54, 1.807) is 36.4 Å². The van der Waals surface area contributed by atoms with Crippen molar-refractivity contribution in [2.45, 2.75) is 12.6 Å². The quantitative estimate of drug-likeness (QED) is 0.550. The van der Waals surface area contributed by atoms with Crippen molar-refractivity contribution in [1.29, 1.82) is 0 Å². The van der Waals surface area contributed by atoms with Crippen molar-refractivity contribution in [2.24, 2.45) is 4.99 Å². The van der Waals surface area contributed by atoms with E-state index >= 15 is 0 Å². The maximum absolute atomic E-state index is 13.1. The molecular formula is C24H19F3N2O2S. The number of anilines is 1. The first-order valence-electron chi connectivity index (χ1n) is 9.83. The molecule has 0 bridgehead atoms. The van der Waals surface area contributed by atoms with Crippen LogP contribution in [0, 0.1) is 0 Å². The minimum atomic E-state index is -4.41. The summed E-state index contributed by atoms with van der Waals surface area (Å²) in [5, 5.41) is 1.08. The highest BCUT2D eigenvalue weighted by molar-refractivity contribution is 7.95. The molecular weight excluding hydrogens is 437 g/mol. The van der Waals surface area contributed by atoms with Crippen LogP contribution in [0.15, 0.2) is 83.2 Å². The molecule has 0 fully saturated rings. The number of rotatable bonds is 5. The van der Waals surface area contributed by atoms with Crippen LogP contribution < -0.4 is 4.72 Å². The van der Waals surface area contributed by atoms with E-state index in [-0.39, 0.29) is 0 Å². The Morgan fingerprint density at radius 2 is 1.72 bits per heavy atom. The number of halogens is 3. The Balaban J connectivity index is 1.59. The molecule has 0 saturated heterocycles. The molecule has 4 rings (SSSR count). The van der Waals surface area contributed by atoms with E-state index in [4.69, 9.17) is 0 Å². The molecule has 8 heteroatoms. The number of hydrogen-bond donors (Lipinski definition) is 1. The predicted molar refractivity (Wildman–Crippen MR) is 120 cm³/mol. The minimum Gasteiger partial charge on any atom is -0.284 e. The van der Waals surface area contributed by atoms with Crippen LogP contribution in [0.3, 0.4) is 0 Å². The van der Waals surface area contributed by atoms with E-state index in [2.05, 4.69) is 9.71 Å². The molecule has 0 aromatic heterocycles. The third-order valence-electron chi connectivity index (χ3n) is 4.97. The second kappa shape index (κ2) is 8.63. The van der Waals surface area contributed by atoms with Gasteiger partial charge in [0.05, 0.1) is 16.7 Å². The summed E-state index contributed by atoms with van der Waals surface area (Å²) < 4.78 is 66.6. The molecule has 0 aliphatic carbocycles. The van der Waals surface area contributed by atoms with Gasteiger partial charge in [0.15, 0.2) is 0 Å². The van der Waals surface area contributed by atoms with Crippen molar-refractivity contribution in [3.63, 3.8) is 0 Å². The lowest BCUT2D eigenvalue weighted by Gasteiger charge is -2.19. The summed E-state index contributed by atoms with van der Waals surface area (Å²) >= 11 is 0. The summed E-state index contributed by atoms with van der Waals surface area (Å²) in [5.41, 5.74) is 2.75. The molecule has 3 aromatic carbocycles. The van der Waals surface area contributed by atoms with Crippen LogP contribution in [0.25, 0.3) is 6.08 Å². The number of fused-ring (bicyclic) bond motifs is 1. The zero-order valence-corrected chi connectivity index (χ0v) is 17.6. The van der Waals surface area contributed by atoms with Gasteiger partial charge < -0.3 is 0 Å². The summed E-state index contributed by atoms with van der Waals surface area (Å²) in [6.07, 6.45) is -2.50. The van der Waals surface area contributed by atoms with Crippen LogP contribution in [-0.4, -0.2) is 20.7 Å². The van der Waals surface area contributed by atoms with Crippen molar-refractivity contribution in [3.8, 4) is 0 Å². The van der Waals surface area contributed by atoms with Gasteiger partial charge >= 0.3 is 6.18 Å². The first-order valence-corrected chi connectivity index (χ1v) is 11.4. The maximum Gasteiger partial charge on any atom is 0.416 e. The van der Waals surface area contributed by atoms with Gasteiger partial charge in [-0.3, -0.25) is 9.71 Å². The molecule has 0 unspecified atom stereocenters. The average molecular weight is 456 g/mol. The summed E-state index contributed by atoms with van der Waals surface area (Å²) in [5.74, 6) is 0. The van der Waals surface area contributed by atoms with Crippen LogP contribution in [-0.2, 0) is 22.6 Å². The SMILES string of the molecule is O=S(=O)(C=Cc1ccccc1)Nc1cccc(C2=NCCc3cc(C(F)(F)F)ccc32)c1. The van der Waals surface area contributed by atoms with Gasteiger partial charge in [0, 0.05) is 23.4 Å². The number of nitrogens with one attached hydrogen (secondary N) is 1. The Morgan fingerprint density at radius 3 is 2.47 bits per heavy atom. The molecule has 164 valence electrons. The third kappa shape index (κ3) is 5.08. The topological polar surface area (TPSA) is 58.5 Å². The van der Waals surface area contributed by atoms with Gasteiger partial charge in [0.2, 0.25) is 0 Å². The smallest absolute Gasteiger partial charge is 0.284 e. The maximum atomic E-state index is 13.1. The fourth-order valence-corrected chi connectivity index (χ4v) is 4.35. The summed E-state index contributed by atoms with van der Waals surface area (Å²) in [6.45, 7) is 0.361. The molecule has 4 nitrogen and oxygen atoms in total. The minimum absolute atomic E-state index is 0.335. The molecule has 0 amide bonds. The van der Waals surface area contributed by atoms with Gasteiger partial charge in [0.25, 0.3) is 10.0 Å². The number of nitrogens with zero attached hydrogens (tertiary/aromatic N) is 1. The highest BCUT2D eigenvalue weighted by Gasteiger charge is 2.31. The Labute approximate surface area is 184 Å². The van der Waals surface area contributed by atoms with Gasteiger partial charge in [-0.2, -0.15) is 13.2 Å². The largest absolute Gasteiger partial charge is 0.416 e. The number of aliphatic imine (C=N–C) groups is 1. The first kappa shape index (κ1) is 21.8. The van der Waals surface area contributed by atoms with Crippen molar-refractivity contribution in [1.82, 2.24) is 0 Å². The van der Waals surface area contributed by atoms with Gasteiger partial charge in [-0.15, -0.1) is 0 Å². The number of alkyl halides is 3. The average Bonchev–Trinajstić information content (AvgIpc) is 2.77. The van der Waals surface area contributed by atoms with E-state index in [1.807, 2.05) is 18.2 Å². The second-order valence-electron chi connectivity index (χ2n) is 7.29. The summed E-state index contributed by atoms with van der Waals surface area (Å²) in [4.78, 5) is 4.49. The highest BCUT2D eigenvalue weighted by atomic mass is 32.2. The highest BCUT2D eigenvalue weighted by Crippen LogP contribution is 2.32. The van der Waals surface area contributed by atoms with Gasteiger partial charge in [-0.1, -0.05) is 48.5 Å². The standard InChI is InChI=1S/C24H19F3N2O2S/c25-24(26,27)20-9-10-22-18(15-20)11-13-28-23(22)19-7-4-8-21(16-19)29-32(30,31)14-12-17-5-2-1-3-6-17/h1-10,12,14-16,29H,11,13H2. The lowest BCUT2D eigenvalue weighted by atomic mass is 9.91. The summed E-state index contributed by atoms with van der Waals surface area (Å²) in [7, 11) is -3.76. The summed E-state index contributed by atoms with van der Waals surface area (Å²) in [6, 6.07) is 19.3. The Bertz CT molecular complexity index is 1300. The third-order valence-corrected chi connectivity index (χ3v) is 5.99. The lowest BCUT2D eigenvalue weighted by Crippen LogP contribution is -2.16. The second-order valence-corrected chi connectivity index (χ2v) is 8.86. The van der Waals surface area contributed by atoms with Crippen LogP contribution in [0.5, 0.6) is 0 Å². The van der Waals surface area contributed by atoms with Gasteiger partial charge in [0.1, 0.15) is 0 Å². The fourth-order valence-electron chi connectivity index (χ4n) is 3.49. The van der Waals surface area contributed by atoms with Crippen LogP contribution in [0.1, 0.15) is 27.8 Å². The normalized spacial score (nSPS) is 14.2. The van der Waals surface area contributed by atoms with E-state index in [1.165, 1.54) is 12.1 Å². The molecule has 0 saturated carbocycles. The van der Waals surface area contributed by atoms with Crippen LogP contribution >= 0.6 is 0 Å². The van der Waals surface area contributed by atoms with Crippen molar-refractivity contribution < 1.29 is 21.6 Å². The zero-order valence-electron chi connectivity index (χ0n) is 16.8.